The molecule has 0 saturated carbocycles. The Morgan fingerprint density at radius 2 is 1.41 bits per heavy atom. The van der Waals surface area contributed by atoms with Crippen molar-refractivity contribution < 1.29 is 0 Å². The zero-order chi connectivity index (χ0) is 12.8. The summed E-state index contributed by atoms with van der Waals surface area (Å²) < 4.78 is 0. The minimum Gasteiger partial charge on any atom is -0.398 e. The van der Waals surface area contributed by atoms with E-state index in [1.54, 1.807) is 0 Å². The average Bonchev–Trinajstić information content (AvgIpc) is 2.29. The molecular weight excluding hydrogens is 206 g/mol. The second kappa shape index (κ2) is 6.29. The number of anilines is 1. The molecule has 0 spiro atoms. The first-order valence-corrected chi connectivity index (χ1v) is 6.34. The molecule has 1 nitrogen and oxygen atoms in total. The van der Waals surface area contributed by atoms with Crippen LogP contribution in [0.2, 0.25) is 0 Å². The standard InChI is InChI=1S/C16H23N/c1-5-8-12(3)14-10-7-11-15(16(14)17)13(4)9-6-2/h7-11H,5-6,17H2,1-4H3/b12-8-,13-9-. The maximum absolute atomic E-state index is 6.26. The Morgan fingerprint density at radius 1 is 1.00 bits per heavy atom. The van der Waals surface area contributed by atoms with Gasteiger partial charge in [0.15, 0.2) is 0 Å². The van der Waals surface area contributed by atoms with Crippen LogP contribution in [0.3, 0.4) is 0 Å². The third-order valence-electron chi connectivity index (χ3n) is 2.98. The normalized spacial score (nSPS) is 12.9. The summed E-state index contributed by atoms with van der Waals surface area (Å²) in [5.74, 6) is 0. The van der Waals surface area contributed by atoms with Crippen molar-refractivity contribution in [2.45, 2.75) is 40.5 Å². The highest BCUT2D eigenvalue weighted by atomic mass is 14.6. The van der Waals surface area contributed by atoms with E-state index >= 15 is 0 Å². The molecule has 0 amide bonds. The van der Waals surface area contributed by atoms with E-state index < -0.39 is 0 Å². The predicted molar refractivity (Wildman–Crippen MR) is 78.7 cm³/mol. The Morgan fingerprint density at radius 3 is 1.76 bits per heavy atom. The number of benzene rings is 1. The maximum atomic E-state index is 6.26. The molecule has 1 rings (SSSR count). The Labute approximate surface area is 105 Å². The van der Waals surface area contributed by atoms with Gasteiger partial charge in [-0.25, -0.2) is 0 Å². The van der Waals surface area contributed by atoms with Gasteiger partial charge in [0, 0.05) is 16.8 Å². The van der Waals surface area contributed by atoms with Gasteiger partial charge in [-0.2, -0.15) is 0 Å². The molecule has 0 heterocycles. The summed E-state index contributed by atoms with van der Waals surface area (Å²) in [6.07, 6.45) is 6.52. The van der Waals surface area contributed by atoms with Gasteiger partial charge in [0.05, 0.1) is 0 Å². The molecule has 1 aromatic carbocycles. The van der Waals surface area contributed by atoms with Gasteiger partial charge in [0.2, 0.25) is 0 Å². The van der Waals surface area contributed by atoms with Gasteiger partial charge in [-0.05, 0) is 37.8 Å². The van der Waals surface area contributed by atoms with E-state index in [9.17, 15) is 0 Å². The molecular formula is C16H23N. The molecule has 0 radical (unpaired) electrons. The summed E-state index contributed by atoms with van der Waals surface area (Å²) in [5.41, 5.74) is 12.0. The summed E-state index contributed by atoms with van der Waals surface area (Å²) >= 11 is 0. The zero-order valence-corrected chi connectivity index (χ0v) is 11.4. The first-order chi connectivity index (χ1) is 8.11. The van der Waals surface area contributed by atoms with Gasteiger partial charge in [0.25, 0.3) is 0 Å². The van der Waals surface area contributed by atoms with Gasteiger partial charge < -0.3 is 5.73 Å². The second-order valence-electron chi connectivity index (χ2n) is 4.36. The summed E-state index contributed by atoms with van der Waals surface area (Å²) in [7, 11) is 0. The largest absolute Gasteiger partial charge is 0.398 e. The molecule has 0 aromatic heterocycles. The highest BCUT2D eigenvalue weighted by Crippen LogP contribution is 2.29. The second-order valence-corrected chi connectivity index (χ2v) is 4.36. The fourth-order valence-electron chi connectivity index (χ4n) is 2.09. The number of para-hydroxylation sites is 1. The molecule has 2 N–H and O–H groups in total. The predicted octanol–water partition coefficient (Wildman–Crippen LogP) is 4.90. The average molecular weight is 229 g/mol. The zero-order valence-electron chi connectivity index (χ0n) is 11.4. The third-order valence-corrected chi connectivity index (χ3v) is 2.98. The van der Waals surface area contributed by atoms with Crippen molar-refractivity contribution in [3.8, 4) is 0 Å². The van der Waals surface area contributed by atoms with Crippen LogP contribution in [0.5, 0.6) is 0 Å². The van der Waals surface area contributed by atoms with Crippen molar-refractivity contribution in [1.29, 1.82) is 0 Å². The molecule has 0 aliphatic carbocycles. The molecule has 0 aliphatic rings. The fraction of sp³-hybridized carbons (Fsp3) is 0.375. The quantitative estimate of drug-likeness (QED) is 0.730. The van der Waals surface area contributed by atoms with E-state index in [0.717, 1.165) is 29.7 Å². The highest BCUT2D eigenvalue weighted by molar-refractivity contribution is 5.83. The third kappa shape index (κ3) is 3.23. The van der Waals surface area contributed by atoms with Crippen molar-refractivity contribution in [1.82, 2.24) is 0 Å². The Balaban J connectivity index is 3.25. The number of nitrogen functional groups attached to an aromatic ring is 1. The Kier molecular flexibility index (Phi) is 5.02. The number of allylic oxidation sites excluding steroid dienone is 4. The molecule has 1 aromatic rings. The molecule has 0 fully saturated rings. The topological polar surface area (TPSA) is 26.0 Å². The number of hydrogen-bond acceptors (Lipinski definition) is 1. The Hall–Kier alpha value is -1.50. The van der Waals surface area contributed by atoms with Crippen LogP contribution in [0.1, 0.15) is 51.7 Å². The van der Waals surface area contributed by atoms with E-state index in [-0.39, 0.29) is 0 Å². The van der Waals surface area contributed by atoms with E-state index in [1.807, 2.05) is 0 Å². The number of nitrogens with two attached hydrogens (primary N) is 1. The molecule has 0 bridgehead atoms. The van der Waals surface area contributed by atoms with Crippen LogP contribution in [0.25, 0.3) is 11.1 Å². The summed E-state index contributed by atoms with van der Waals surface area (Å²) in [4.78, 5) is 0. The van der Waals surface area contributed by atoms with Crippen LogP contribution in [0.15, 0.2) is 30.4 Å². The summed E-state index contributed by atoms with van der Waals surface area (Å²) in [6.45, 7) is 8.53. The van der Waals surface area contributed by atoms with E-state index in [0.29, 0.717) is 0 Å². The lowest BCUT2D eigenvalue weighted by Gasteiger charge is -2.12. The van der Waals surface area contributed by atoms with Gasteiger partial charge in [-0.3, -0.25) is 0 Å². The Bertz CT molecular complexity index is 401. The van der Waals surface area contributed by atoms with E-state index in [2.05, 4.69) is 58.0 Å². The van der Waals surface area contributed by atoms with Crippen LogP contribution >= 0.6 is 0 Å². The number of hydrogen-bond donors (Lipinski definition) is 1. The van der Waals surface area contributed by atoms with Crippen LogP contribution in [-0.2, 0) is 0 Å². The van der Waals surface area contributed by atoms with Crippen molar-refractivity contribution >= 4 is 16.8 Å². The summed E-state index contributed by atoms with van der Waals surface area (Å²) in [6, 6.07) is 6.28. The molecule has 1 heteroatoms. The lowest BCUT2D eigenvalue weighted by molar-refractivity contribution is 1.22. The molecule has 92 valence electrons. The van der Waals surface area contributed by atoms with E-state index in [4.69, 9.17) is 5.73 Å². The molecule has 0 saturated heterocycles. The van der Waals surface area contributed by atoms with Gasteiger partial charge >= 0.3 is 0 Å². The van der Waals surface area contributed by atoms with Crippen molar-refractivity contribution in [3.63, 3.8) is 0 Å². The minimum absolute atomic E-state index is 0.900. The minimum atomic E-state index is 0.900. The van der Waals surface area contributed by atoms with Crippen LogP contribution in [0.4, 0.5) is 5.69 Å². The highest BCUT2D eigenvalue weighted by Gasteiger charge is 2.07. The fourth-order valence-corrected chi connectivity index (χ4v) is 2.09. The SMILES string of the molecule is CC/C=C(/C)c1cccc(/C(C)=C\CC)c1N. The van der Waals surface area contributed by atoms with Gasteiger partial charge in [-0.1, -0.05) is 44.2 Å². The van der Waals surface area contributed by atoms with Crippen LogP contribution in [0, 0.1) is 0 Å². The monoisotopic (exact) mass is 229 g/mol. The summed E-state index contributed by atoms with van der Waals surface area (Å²) in [5, 5.41) is 0. The maximum Gasteiger partial charge on any atom is 0.0466 e. The molecule has 0 unspecified atom stereocenters. The number of rotatable bonds is 4. The van der Waals surface area contributed by atoms with Crippen LogP contribution < -0.4 is 5.73 Å². The smallest absolute Gasteiger partial charge is 0.0466 e. The first kappa shape index (κ1) is 13.6. The van der Waals surface area contributed by atoms with Crippen LogP contribution in [-0.4, -0.2) is 0 Å². The van der Waals surface area contributed by atoms with Gasteiger partial charge in [-0.15, -0.1) is 0 Å². The lowest BCUT2D eigenvalue weighted by atomic mass is 9.96. The molecule has 0 aliphatic heterocycles. The van der Waals surface area contributed by atoms with E-state index in [1.165, 1.54) is 11.1 Å². The lowest BCUT2D eigenvalue weighted by Crippen LogP contribution is -1.97. The molecule has 17 heavy (non-hydrogen) atoms. The van der Waals surface area contributed by atoms with Gasteiger partial charge in [0.1, 0.15) is 0 Å². The van der Waals surface area contributed by atoms with Crippen molar-refractivity contribution in [2.75, 3.05) is 5.73 Å². The van der Waals surface area contributed by atoms with Crippen molar-refractivity contribution in [3.05, 3.63) is 41.5 Å². The first-order valence-electron chi connectivity index (χ1n) is 6.34. The van der Waals surface area contributed by atoms with Crippen molar-refractivity contribution in [2.24, 2.45) is 0 Å². The molecule has 0 atom stereocenters.